The Balaban J connectivity index is 2.02. The van der Waals surface area contributed by atoms with Gasteiger partial charge in [0, 0.05) is 22.7 Å². The molecule has 0 amide bonds. The molecule has 0 atom stereocenters. The zero-order valence-corrected chi connectivity index (χ0v) is 10.9. The maximum absolute atomic E-state index is 3.37. The molecular formula is C18H15N. The van der Waals surface area contributed by atoms with Crippen LogP contribution in [0.15, 0.2) is 54.2 Å². The lowest BCUT2D eigenvalue weighted by molar-refractivity contribution is 1.20. The van der Waals surface area contributed by atoms with E-state index in [4.69, 9.17) is 0 Å². The highest BCUT2D eigenvalue weighted by molar-refractivity contribution is 5.98. The molecule has 0 radical (unpaired) electrons. The molecule has 1 N–H and O–H groups in total. The monoisotopic (exact) mass is 245 g/mol. The van der Waals surface area contributed by atoms with Crippen molar-refractivity contribution in [1.82, 2.24) is 4.98 Å². The van der Waals surface area contributed by atoms with Crippen LogP contribution in [0.25, 0.3) is 28.1 Å². The molecule has 1 heterocycles. The smallest absolute Gasteiger partial charge is 0.0460 e. The van der Waals surface area contributed by atoms with Gasteiger partial charge in [0.1, 0.15) is 0 Å². The van der Waals surface area contributed by atoms with Gasteiger partial charge in [0.05, 0.1) is 0 Å². The van der Waals surface area contributed by atoms with Crippen molar-refractivity contribution in [2.75, 3.05) is 0 Å². The van der Waals surface area contributed by atoms with Crippen molar-refractivity contribution in [2.24, 2.45) is 0 Å². The molecule has 0 saturated heterocycles. The fraction of sp³-hybridized carbons (Fsp3) is 0.111. The fourth-order valence-electron chi connectivity index (χ4n) is 3.06. The topological polar surface area (TPSA) is 15.8 Å². The average molecular weight is 245 g/mol. The number of nitrogens with one attached hydrogen (secondary N) is 1. The third-order valence-electron chi connectivity index (χ3n) is 3.94. The second-order valence-corrected chi connectivity index (χ2v) is 5.29. The Hall–Kier alpha value is -2.28. The number of para-hydroxylation sites is 1. The number of hydrogen-bond donors (Lipinski definition) is 1. The fourth-order valence-corrected chi connectivity index (χ4v) is 3.06. The highest BCUT2D eigenvalue weighted by Crippen LogP contribution is 2.36. The van der Waals surface area contributed by atoms with Gasteiger partial charge in [-0.05, 0) is 36.1 Å². The van der Waals surface area contributed by atoms with Gasteiger partial charge in [-0.3, -0.25) is 0 Å². The van der Waals surface area contributed by atoms with Gasteiger partial charge in [-0.25, -0.2) is 0 Å². The Labute approximate surface area is 112 Å². The highest BCUT2D eigenvalue weighted by atomic mass is 14.7. The molecule has 1 aliphatic carbocycles. The minimum atomic E-state index is 1.09. The molecule has 1 aliphatic rings. The molecule has 0 unspecified atom stereocenters. The molecule has 0 bridgehead atoms. The van der Waals surface area contributed by atoms with E-state index in [0.717, 1.165) is 6.42 Å². The van der Waals surface area contributed by atoms with Crippen molar-refractivity contribution in [3.8, 4) is 11.1 Å². The molecule has 1 heteroatoms. The quantitative estimate of drug-likeness (QED) is 0.634. The predicted molar refractivity (Wildman–Crippen MR) is 81.1 cm³/mol. The maximum Gasteiger partial charge on any atom is 0.0460 e. The standard InChI is InChI=1S/C18H15N/c1-12-9-13-5-4-7-14(16(13)10-12)17-11-19-18-8-3-2-6-15(17)18/h2-8,10-11,19H,9H2,1H3. The van der Waals surface area contributed by atoms with E-state index in [1.807, 2.05) is 0 Å². The molecule has 2 aromatic carbocycles. The number of rotatable bonds is 1. The molecule has 4 rings (SSSR count). The molecular weight excluding hydrogens is 230 g/mol. The second kappa shape index (κ2) is 3.86. The Morgan fingerprint density at radius 2 is 1.84 bits per heavy atom. The molecule has 1 aromatic heterocycles. The summed E-state index contributed by atoms with van der Waals surface area (Å²) in [6.07, 6.45) is 5.54. The summed E-state index contributed by atoms with van der Waals surface area (Å²) < 4.78 is 0. The van der Waals surface area contributed by atoms with E-state index in [1.54, 1.807) is 0 Å². The summed E-state index contributed by atoms with van der Waals surface area (Å²) in [6, 6.07) is 15.1. The van der Waals surface area contributed by atoms with Gasteiger partial charge < -0.3 is 4.98 Å². The van der Waals surface area contributed by atoms with E-state index in [9.17, 15) is 0 Å². The Morgan fingerprint density at radius 3 is 2.79 bits per heavy atom. The van der Waals surface area contributed by atoms with Crippen LogP contribution in [-0.2, 0) is 6.42 Å². The van der Waals surface area contributed by atoms with Crippen LogP contribution in [-0.4, -0.2) is 4.98 Å². The van der Waals surface area contributed by atoms with E-state index in [1.165, 1.54) is 38.7 Å². The van der Waals surface area contributed by atoms with Crippen LogP contribution in [0.3, 0.4) is 0 Å². The van der Waals surface area contributed by atoms with Crippen LogP contribution in [0.2, 0.25) is 0 Å². The summed E-state index contributed by atoms with van der Waals surface area (Å²) in [5.41, 5.74) is 8.13. The number of benzene rings is 2. The second-order valence-electron chi connectivity index (χ2n) is 5.29. The van der Waals surface area contributed by atoms with Crippen LogP contribution < -0.4 is 0 Å². The third-order valence-corrected chi connectivity index (χ3v) is 3.94. The minimum absolute atomic E-state index is 1.09. The van der Waals surface area contributed by atoms with E-state index < -0.39 is 0 Å². The van der Waals surface area contributed by atoms with Gasteiger partial charge in [0.25, 0.3) is 0 Å². The summed E-state index contributed by atoms with van der Waals surface area (Å²) >= 11 is 0. The summed E-state index contributed by atoms with van der Waals surface area (Å²) in [5, 5.41) is 1.30. The van der Waals surface area contributed by atoms with Gasteiger partial charge in [0.2, 0.25) is 0 Å². The molecule has 0 fully saturated rings. The molecule has 0 saturated carbocycles. The van der Waals surface area contributed by atoms with Crippen molar-refractivity contribution >= 4 is 17.0 Å². The lowest BCUT2D eigenvalue weighted by Gasteiger charge is -2.06. The summed E-state index contributed by atoms with van der Waals surface area (Å²) in [4.78, 5) is 3.37. The molecule has 19 heavy (non-hydrogen) atoms. The summed E-state index contributed by atoms with van der Waals surface area (Å²) in [7, 11) is 0. The van der Waals surface area contributed by atoms with Crippen molar-refractivity contribution < 1.29 is 0 Å². The third kappa shape index (κ3) is 1.55. The first kappa shape index (κ1) is 10.6. The first-order valence-electron chi connectivity index (χ1n) is 6.68. The maximum atomic E-state index is 3.37. The van der Waals surface area contributed by atoms with Crippen LogP contribution >= 0.6 is 0 Å². The Kier molecular flexibility index (Phi) is 2.16. The van der Waals surface area contributed by atoms with E-state index in [0.29, 0.717) is 0 Å². The zero-order valence-electron chi connectivity index (χ0n) is 10.9. The lowest BCUT2D eigenvalue weighted by Crippen LogP contribution is -1.86. The van der Waals surface area contributed by atoms with Gasteiger partial charge in [0.15, 0.2) is 0 Å². The predicted octanol–water partition coefficient (Wildman–Crippen LogP) is 4.79. The van der Waals surface area contributed by atoms with Gasteiger partial charge >= 0.3 is 0 Å². The van der Waals surface area contributed by atoms with E-state index in [2.05, 4.69) is 66.6 Å². The molecule has 0 aliphatic heterocycles. The van der Waals surface area contributed by atoms with Crippen LogP contribution in [0.4, 0.5) is 0 Å². The van der Waals surface area contributed by atoms with Crippen molar-refractivity contribution in [3.63, 3.8) is 0 Å². The number of hydrogen-bond acceptors (Lipinski definition) is 0. The van der Waals surface area contributed by atoms with Crippen molar-refractivity contribution in [2.45, 2.75) is 13.3 Å². The number of aromatic nitrogens is 1. The number of fused-ring (bicyclic) bond motifs is 2. The molecule has 92 valence electrons. The highest BCUT2D eigenvalue weighted by Gasteiger charge is 2.16. The normalized spacial score (nSPS) is 13.6. The van der Waals surface area contributed by atoms with Crippen LogP contribution in [0.5, 0.6) is 0 Å². The van der Waals surface area contributed by atoms with Gasteiger partial charge in [-0.1, -0.05) is 48.0 Å². The largest absolute Gasteiger partial charge is 0.361 e. The van der Waals surface area contributed by atoms with E-state index in [-0.39, 0.29) is 0 Å². The number of allylic oxidation sites excluding steroid dienone is 1. The van der Waals surface area contributed by atoms with Gasteiger partial charge in [-0.15, -0.1) is 0 Å². The average Bonchev–Trinajstić information content (AvgIpc) is 3.00. The molecule has 0 spiro atoms. The van der Waals surface area contributed by atoms with Crippen molar-refractivity contribution in [3.05, 3.63) is 65.4 Å². The first-order valence-corrected chi connectivity index (χ1v) is 6.68. The molecule has 1 nitrogen and oxygen atoms in total. The van der Waals surface area contributed by atoms with Crippen LogP contribution in [0.1, 0.15) is 18.1 Å². The lowest BCUT2D eigenvalue weighted by atomic mass is 9.97. The summed E-state index contributed by atoms with van der Waals surface area (Å²) in [5.74, 6) is 0. The Bertz CT molecular complexity index is 805. The summed E-state index contributed by atoms with van der Waals surface area (Å²) in [6.45, 7) is 2.21. The first-order chi connectivity index (χ1) is 9.33. The molecule has 3 aromatic rings. The number of H-pyrrole nitrogens is 1. The van der Waals surface area contributed by atoms with Crippen molar-refractivity contribution in [1.29, 1.82) is 0 Å². The van der Waals surface area contributed by atoms with Crippen LogP contribution in [0, 0.1) is 0 Å². The SMILES string of the molecule is CC1=Cc2c(cccc2-c2c[nH]c3ccccc23)C1. The number of aromatic amines is 1. The van der Waals surface area contributed by atoms with E-state index >= 15 is 0 Å². The Morgan fingerprint density at radius 1 is 0.947 bits per heavy atom. The zero-order chi connectivity index (χ0) is 12.8. The van der Waals surface area contributed by atoms with Gasteiger partial charge in [-0.2, -0.15) is 0 Å². The minimum Gasteiger partial charge on any atom is -0.361 e.